The number of hydrogen-bond acceptors (Lipinski definition) is 5. The fourth-order valence-electron chi connectivity index (χ4n) is 3.75. The number of likely N-dealkylation sites (tertiary alicyclic amines) is 1. The van der Waals surface area contributed by atoms with Gasteiger partial charge in [0.2, 0.25) is 0 Å². The summed E-state index contributed by atoms with van der Waals surface area (Å²) in [5.41, 5.74) is 1.31. The molecule has 0 unspecified atom stereocenters. The number of nitrogens with zero attached hydrogens (tertiary/aromatic N) is 2. The van der Waals surface area contributed by atoms with Gasteiger partial charge >= 0.3 is 0 Å². The fourth-order valence-corrected chi connectivity index (χ4v) is 4.21. The fraction of sp³-hybridized carbons (Fsp3) is 0.480. The minimum Gasteiger partial charge on any atom is -0.482 e. The molecule has 2 aromatic carbocycles. The molecule has 1 amide bonds. The van der Waals surface area contributed by atoms with Crippen LogP contribution in [0.3, 0.4) is 0 Å². The maximum Gasteiger partial charge on any atom is 0.258 e. The molecule has 1 aliphatic rings. The van der Waals surface area contributed by atoms with E-state index in [1.54, 1.807) is 18.2 Å². The second kappa shape index (κ2) is 14.4. The van der Waals surface area contributed by atoms with E-state index in [1.807, 2.05) is 6.07 Å². The molecule has 0 aromatic heterocycles. The number of benzene rings is 2. The minimum atomic E-state index is -0.221. The van der Waals surface area contributed by atoms with Crippen LogP contribution in [0.4, 0.5) is 0 Å². The Morgan fingerprint density at radius 2 is 1.82 bits per heavy atom. The third kappa shape index (κ3) is 9.90. The van der Waals surface area contributed by atoms with Gasteiger partial charge < -0.3 is 19.7 Å². The number of hydrogen-bond donors (Lipinski definition) is 1. The average Bonchev–Trinajstić information content (AvgIpc) is 3.33. The van der Waals surface area contributed by atoms with E-state index in [0.717, 1.165) is 26.2 Å². The lowest BCUT2D eigenvalue weighted by Gasteiger charge is -2.25. The van der Waals surface area contributed by atoms with Gasteiger partial charge in [0.25, 0.3) is 5.91 Å². The van der Waals surface area contributed by atoms with Gasteiger partial charge in [-0.15, -0.1) is 0 Å². The summed E-state index contributed by atoms with van der Waals surface area (Å²) in [5.74, 6) is 0.209. The lowest BCUT2D eigenvalue weighted by Crippen LogP contribution is -2.36. The normalized spacial score (nSPS) is 14.0. The van der Waals surface area contributed by atoms with Crippen molar-refractivity contribution in [3.05, 3.63) is 64.1 Å². The van der Waals surface area contributed by atoms with Gasteiger partial charge in [-0.3, -0.25) is 9.69 Å². The molecule has 1 saturated heterocycles. The molecular weight excluding hydrogens is 461 g/mol. The molecule has 33 heavy (non-hydrogen) atoms. The monoisotopic (exact) mass is 493 g/mol. The van der Waals surface area contributed by atoms with Crippen LogP contribution in [0.15, 0.2) is 48.5 Å². The molecule has 0 saturated carbocycles. The summed E-state index contributed by atoms with van der Waals surface area (Å²) in [6.07, 6.45) is 2.62. The molecule has 1 heterocycles. The zero-order valence-corrected chi connectivity index (χ0v) is 20.5. The summed E-state index contributed by atoms with van der Waals surface area (Å²) in [6, 6.07) is 15.4. The largest absolute Gasteiger partial charge is 0.482 e. The first-order valence-electron chi connectivity index (χ1n) is 11.5. The second-order valence-corrected chi connectivity index (χ2v) is 8.98. The Balaban J connectivity index is 1.30. The SMILES string of the molecule is O=C(COc1ccc(Cl)cc1Cl)NCCOCCN(CCN1CCCC1)Cc1ccccc1. The maximum absolute atomic E-state index is 12.0. The van der Waals surface area contributed by atoms with Gasteiger partial charge in [0.05, 0.1) is 18.2 Å². The van der Waals surface area contributed by atoms with Crippen LogP contribution in [0.5, 0.6) is 5.75 Å². The van der Waals surface area contributed by atoms with E-state index >= 15 is 0 Å². The highest BCUT2D eigenvalue weighted by Crippen LogP contribution is 2.27. The Labute approximate surface area is 206 Å². The van der Waals surface area contributed by atoms with Crippen molar-refractivity contribution in [3.63, 3.8) is 0 Å². The number of halogens is 2. The summed E-state index contributed by atoms with van der Waals surface area (Å²) in [6.45, 7) is 7.73. The first-order valence-corrected chi connectivity index (χ1v) is 12.3. The molecule has 0 aliphatic carbocycles. The number of carbonyl (C=O) groups is 1. The van der Waals surface area contributed by atoms with Crippen molar-refractivity contribution in [2.24, 2.45) is 0 Å². The molecule has 0 atom stereocenters. The number of nitrogens with one attached hydrogen (secondary N) is 1. The standard InChI is InChI=1S/C25H33Cl2N3O3/c26-22-8-9-24(23(27)18-22)33-20-25(31)28-10-16-32-17-15-30(14-13-29-11-4-5-12-29)19-21-6-2-1-3-7-21/h1-3,6-9,18H,4-5,10-17,19-20H2,(H,28,31). The van der Waals surface area contributed by atoms with Crippen LogP contribution in [0, 0.1) is 0 Å². The van der Waals surface area contributed by atoms with E-state index in [-0.39, 0.29) is 12.5 Å². The molecule has 1 fully saturated rings. The van der Waals surface area contributed by atoms with E-state index in [0.29, 0.717) is 35.6 Å². The van der Waals surface area contributed by atoms with Gasteiger partial charge in [0, 0.05) is 37.7 Å². The third-order valence-electron chi connectivity index (χ3n) is 5.55. The molecule has 8 heteroatoms. The molecule has 6 nitrogen and oxygen atoms in total. The van der Waals surface area contributed by atoms with E-state index in [2.05, 4.69) is 39.4 Å². The lowest BCUT2D eigenvalue weighted by molar-refractivity contribution is -0.123. The quantitative estimate of drug-likeness (QED) is 0.401. The minimum absolute atomic E-state index is 0.108. The van der Waals surface area contributed by atoms with Gasteiger partial charge in [-0.1, -0.05) is 53.5 Å². The molecule has 0 radical (unpaired) electrons. The first-order chi connectivity index (χ1) is 16.1. The second-order valence-electron chi connectivity index (χ2n) is 8.14. The van der Waals surface area contributed by atoms with Crippen LogP contribution < -0.4 is 10.1 Å². The highest BCUT2D eigenvalue weighted by Gasteiger charge is 2.14. The van der Waals surface area contributed by atoms with Crippen LogP contribution in [0.25, 0.3) is 0 Å². The predicted molar refractivity (Wildman–Crippen MR) is 133 cm³/mol. The van der Waals surface area contributed by atoms with Crippen LogP contribution in [0.1, 0.15) is 18.4 Å². The van der Waals surface area contributed by atoms with Crippen molar-refractivity contribution in [1.29, 1.82) is 0 Å². The molecule has 1 N–H and O–H groups in total. The highest BCUT2D eigenvalue weighted by atomic mass is 35.5. The molecule has 3 rings (SSSR count). The van der Waals surface area contributed by atoms with Crippen molar-refractivity contribution >= 4 is 29.1 Å². The Morgan fingerprint density at radius 3 is 2.58 bits per heavy atom. The van der Waals surface area contributed by atoms with E-state index in [9.17, 15) is 4.79 Å². The Kier molecular flexibility index (Phi) is 11.3. The number of ether oxygens (including phenoxy) is 2. The molecule has 2 aromatic rings. The van der Waals surface area contributed by atoms with Crippen molar-refractivity contribution in [2.45, 2.75) is 19.4 Å². The molecule has 180 valence electrons. The third-order valence-corrected chi connectivity index (χ3v) is 6.08. The number of carbonyl (C=O) groups excluding carboxylic acids is 1. The van der Waals surface area contributed by atoms with E-state index in [4.69, 9.17) is 32.7 Å². The molecular formula is C25H33Cl2N3O3. The van der Waals surface area contributed by atoms with Crippen LogP contribution in [-0.2, 0) is 16.1 Å². The van der Waals surface area contributed by atoms with Gasteiger partial charge in [-0.05, 0) is 49.7 Å². The maximum atomic E-state index is 12.0. The Bertz CT molecular complexity index is 848. The van der Waals surface area contributed by atoms with Crippen molar-refractivity contribution in [2.75, 3.05) is 59.1 Å². The van der Waals surface area contributed by atoms with Gasteiger partial charge in [-0.25, -0.2) is 0 Å². The van der Waals surface area contributed by atoms with Gasteiger partial charge in [-0.2, -0.15) is 0 Å². The van der Waals surface area contributed by atoms with E-state index in [1.165, 1.54) is 31.5 Å². The number of amides is 1. The topological polar surface area (TPSA) is 54.0 Å². The summed E-state index contributed by atoms with van der Waals surface area (Å²) in [7, 11) is 0. The summed E-state index contributed by atoms with van der Waals surface area (Å²) in [4.78, 5) is 17.0. The van der Waals surface area contributed by atoms with Crippen LogP contribution in [0.2, 0.25) is 10.0 Å². The van der Waals surface area contributed by atoms with Crippen molar-refractivity contribution in [1.82, 2.24) is 15.1 Å². The van der Waals surface area contributed by atoms with Gasteiger partial charge in [0.15, 0.2) is 6.61 Å². The highest BCUT2D eigenvalue weighted by molar-refractivity contribution is 6.35. The number of rotatable bonds is 14. The van der Waals surface area contributed by atoms with Crippen molar-refractivity contribution < 1.29 is 14.3 Å². The summed E-state index contributed by atoms with van der Waals surface area (Å²) < 4.78 is 11.2. The van der Waals surface area contributed by atoms with Crippen molar-refractivity contribution in [3.8, 4) is 5.75 Å². The Hall–Kier alpha value is -1.83. The molecule has 0 bridgehead atoms. The first kappa shape index (κ1) is 25.8. The lowest BCUT2D eigenvalue weighted by atomic mass is 10.2. The Morgan fingerprint density at radius 1 is 1.03 bits per heavy atom. The van der Waals surface area contributed by atoms with Gasteiger partial charge in [0.1, 0.15) is 5.75 Å². The molecule has 1 aliphatic heterocycles. The predicted octanol–water partition coefficient (Wildman–Crippen LogP) is 4.10. The zero-order chi connectivity index (χ0) is 23.3. The summed E-state index contributed by atoms with van der Waals surface area (Å²) in [5, 5.41) is 3.69. The average molecular weight is 494 g/mol. The smallest absolute Gasteiger partial charge is 0.258 e. The molecule has 0 spiro atoms. The van der Waals surface area contributed by atoms with E-state index < -0.39 is 0 Å². The summed E-state index contributed by atoms with van der Waals surface area (Å²) >= 11 is 11.9. The zero-order valence-electron chi connectivity index (χ0n) is 19.0. The van der Waals surface area contributed by atoms with Crippen LogP contribution >= 0.6 is 23.2 Å². The van der Waals surface area contributed by atoms with Crippen LogP contribution in [-0.4, -0.2) is 74.8 Å².